The summed E-state index contributed by atoms with van der Waals surface area (Å²) in [6, 6.07) is 15.2. The van der Waals surface area contributed by atoms with E-state index in [-0.39, 0.29) is 11.9 Å². The van der Waals surface area contributed by atoms with Crippen molar-refractivity contribution >= 4 is 23.2 Å². The molecule has 0 aliphatic carbocycles. The second-order valence-electron chi connectivity index (χ2n) is 5.16. The molecule has 0 radical (unpaired) electrons. The topological polar surface area (TPSA) is 41.1 Å². The molecule has 0 aliphatic rings. The van der Waals surface area contributed by atoms with Gasteiger partial charge in [-0.25, -0.2) is 0 Å². The lowest BCUT2D eigenvalue weighted by atomic mass is 10.1. The van der Waals surface area contributed by atoms with E-state index < -0.39 is 0 Å². The average Bonchev–Trinajstić information content (AvgIpc) is 2.45. The molecule has 110 valence electrons. The van der Waals surface area contributed by atoms with Crippen molar-refractivity contribution in [2.75, 3.05) is 5.32 Å². The van der Waals surface area contributed by atoms with Gasteiger partial charge in [-0.1, -0.05) is 35.9 Å². The molecule has 3 nitrogen and oxygen atoms in total. The Kier molecular flexibility index (Phi) is 5.23. The molecule has 2 aromatic rings. The third-order valence-corrected chi connectivity index (χ3v) is 3.19. The van der Waals surface area contributed by atoms with Gasteiger partial charge < -0.3 is 10.6 Å². The molecule has 0 saturated heterocycles. The number of hydrogen-bond donors (Lipinski definition) is 2. The maximum absolute atomic E-state index is 12.3. The lowest BCUT2D eigenvalue weighted by Gasteiger charge is -2.14. The van der Waals surface area contributed by atoms with Crippen molar-refractivity contribution in [2.45, 2.75) is 26.4 Å². The third-order valence-electron chi connectivity index (χ3n) is 2.96. The van der Waals surface area contributed by atoms with Crippen molar-refractivity contribution < 1.29 is 4.79 Å². The van der Waals surface area contributed by atoms with Crippen LogP contribution in [-0.4, -0.2) is 11.9 Å². The predicted molar refractivity (Wildman–Crippen MR) is 87.8 cm³/mol. The largest absolute Gasteiger partial charge is 0.382 e. The second kappa shape index (κ2) is 7.14. The first kappa shape index (κ1) is 15.4. The third kappa shape index (κ3) is 4.50. The zero-order chi connectivity index (χ0) is 15.2. The molecule has 2 N–H and O–H groups in total. The first-order chi connectivity index (χ1) is 10.1. The van der Waals surface area contributed by atoms with Crippen LogP contribution in [0.25, 0.3) is 0 Å². The Morgan fingerprint density at radius 2 is 1.90 bits per heavy atom. The van der Waals surface area contributed by atoms with E-state index in [1.54, 1.807) is 0 Å². The lowest BCUT2D eigenvalue weighted by Crippen LogP contribution is -2.24. The molecule has 0 unspecified atom stereocenters. The van der Waals surface area contributed by atoms with E-state index in [1.807, 2.05) is 62.4 Å². The minimum Gasteiger partial charge on any atom is -0.382 e. The van der Waals surface area contributed by atoms with Gasteiger partial charge in [0, 0.05) is 23.3 Å². The molecule has 2 rings (SSSR count). The summed E-state index contributed by atoms with van der Waals surface area (Å²) in [5.74, 6) is -0.0984. The lowest BCUT2D eigenvalue weighted by molar-refractivity contribution is 0.0951. The van der Waals surface area contributed by atoms with Gasteiger partial charge in [0.25, 0.3) is 5.91 Å². The monoisotopic (exact) mass is 302 g/mol. The normalized spacial score (nSPS) is 10.5. The van der Waals surface area contributed by atoms with E-state index in [2.05, 4.69) is 10.6 Å². The number of rotatable bonds is 5. The Labute approximate surface area is 130 Å². The van der Waals surface area contributed by atoms with Gasteiger partial charge in [0.2, 0.25) is 0 Å². The van der Waals surface area contributed by atoms with Gasteiger partial charge in [-0.15, -0.1) is 0 Å². The van der Waals surface area contributed by atoms with Crippen molar-refractivity contribution in [3.05, 3.63) is 64.7 Å². The zero-order valence-corrected chi connectivity index (χ0v) is 12.9. The van der Waals surface area contributed by atoms with Crippen LogP contribution >= 0.6 is 11.6 Å². The van der Waals surface area contributed by atoms with Gasteiger partial charge in [-0.2, -0.15) is 0 Å². The van der Waals surface area contributed by atoms with Gasteiger partial charge in [0.1, 0.15) is 0 Å². The fourth-order valence-electron chi connectivity index (χ4n) is 2.04. The van der Waals surface area contributed by atoms with Crippen molar-refractivity contribution in [1.29, 1.82) is 0 Å². The number of amides is 1. The van der Waals surface area contributed by atoms with Crippen LogP contribution in [-0.2, 0) is 6.54 Å². The summed E-state index contributed by atoms with van der Waals surface area (Å²) in [6.45, 7) is 4.54. The summed E-state index contributed by atoms with van der Waals surface area (Å²) in [5, 5.41) is 6.87. The quantitative estimate of drug-likeness (QED) is 0.873. The number of halogens is 1. The molecule has 1 amide bonds. The van der Waals surface area contributed by atoms with Gasteiger partial charge in [-0.05, 0) is 43.7 Å². The highest BCUT2D eigenvalue weighted by atomic mass is 35.5. The van der Waals surface area contributed by atoms with Crippen LogP contribution in [0.4, 0.5) is 5.69 Å². The average molecular weight is 303 g/mol. The second-order valence-corrected chi connectivity index (χ2v) is 5.59. The van der Waals surface area contributed by atoms with E-state index in [9.17, 15) is 4.79 Å². The summed E-state index contributed by atoms with van der Waals surface area (Å²) in [5.41, 5.74) is 2.47. The van der Waals surface area contributed by atoms with Gasteiger partial charge in [0.15, 0.2) is 0 Å². The summed E-state index contributed by atoms with van der Waals surface area (Å²) in [4.78, 5) is 12.3. The molecule has 0 fully saturated rings. The Morgan fingerprint density at radius 1 is 1.14 bits per heavy atom. The standard InChI is InChI=1S/C17H19ClN2O/c1-12(2)20-16-9-4-3-8-15(16)17(21)19-11-13-6-5-7-14(18)10-13/h3-10,12,20H,11H2,1-2H3,(H,19,21). The molecule has 0 saturated carbocycles. The van der Waals surface area contributed by atoms with Crippen LogP contribution in [0.5, 0.6) is 0 Å². The number of anilines is 1. The van der Waals surface area contributed by atoms with Crippen LogP contribution in [0.1, 0.15) is 29.8 Å². The maximum Gasteiger partial charge on any atom is 0.253 e. The number of para-hydroxylation sites is 1. The zero-order valence-electron chi connectivity index (χ0n) is 12.2. The van der Waals surface area contributed by atoms with Crippen LogP contribution in [0, 0.1) is 0 Å². The number of carbonyl (C=O) groups is 1. The first-order valence-electron chi connectivity index (χ1n) is 6.94. The van der Waals surface area contributed by atoms with Crippen LogP contribution < -0.4 is 10.6 Å². The fourth-order valence-corrected chi connectivity index (χ4v) is 2.26. The minimum absolute atomic E-state index is 0.0984. The first-order valence-corrected chi connectivity index (χ1v) is 7.32. The molecular formula is C17H19ClN2O. The highest BCUT2D eigenvalue weighted by Gasteiger charge is 2.11. The summed E-state index contributed by atoms with van der Waals surface area (Å²) >= 11 is 5.94. The smallest absolute Gasteiger partial charge is 0.253 e. The Hall–Kier alpha value is -2.00. The SMILES string of the molecule is CC(C)Nc1ccccc1C(=O)NCc1cccc(Cl)c1. The summed E-state index contributed by atoms with van der Waals surface area (Å²) in [6.07, 6.45) is 0. The molecular weight excluding hydrogens is 284 g/mol. The van der Waals surface area contributed by atoms with Crippen LogP contribution in [0.3, 0.4) is 0 Å². The van der Waals surface area contributed by atoms with Gasteiger partial charge >= 0.3 is 0 Å². The molecule has 21 heavy (non-hydrogen) atoms. The number of benzene rings is 2. The van der Waals surface area contributed by atoms with Crippen molar-refractivity contribution in [3.63, 3.8) is 0 Å². The molecule has 0 heterocycles. The maximum atomic E-state index is 12.3. The Balaban J connectivity index is 2.07. The highest BCUT2D eigenvalue weighted by molar-refractivity contribution is 6.30. The fraction of sp³-hybridized carbons (Fsp3) is 0.235. The summed E-state index contributed by atoms with van der Waals surface area (Å²) < 4.78 is 0. The van der Waals surface area contributed by atoms with Crippen LogP contribution in [0.2, 0.25) is 5.02 Å². The molecule has 2 aromatic carbocycles. The molecule has 4 heteroatoms. The van der Waals surface area contributed by atoms with Crippen molar-refractivity contribution in [3.8, 4) is 0 Å². The van der Waals surface area contributed by atoms with E-state index in [0.29, 0.717) is 17.1 Å². The van der Waals surface area contributed by atoms with Gasteiger partial charge in [-0.3, -0.25) is 4.79 Å². The number of carbonyl (C=O) groups excluding carboxylic acids is 1. The molecule has 0 aromatic heterocycles. The number of nitrogens with one attached hydrogen (secondary N) is 2. The van der Waals surface area contributed by atoms with E-state index in [0.717, 1.165) is 11.3 Å². The highest BCUT2D eigenvalue weighted by Crippen LogP contribution is 2.16. The molecule has 0 spiro atoms. The van der Waals surface area contributed by atoms with Crippen molar-refractivity contribution in [1.82, 2.24) is 5.32 Å². The minimum atomic E-state index is -0.0984. The Bertz CT molecular complexity index is 626. The molecule has 0 aliphatic heterocycles. The molecule has 0 bridgehead atoms. The number of hydrogen-bond acceptors (Lipinski definition) is 2. The van der Waals surface area contributed by atoms with Crippen molar-refractivity contribution in [2.24, 2.45) is 0 Å². The summed E-state index contributed by atoms with van der Waals surface area (Å²) in [7, 11) is 0. The van der Waals surface area contributed by atoms with Crippen LogP contribution in [0.15, 0.2) is 48.5 Å². The molecule has 0 atom stereocenters. The predicted octanol–water partition coefficient (Wildman–Crippen LogP) is 4.09. The van der Waals surface area contributed by atoms with E-state index in [1.165, 1.54) is 0 Å². The van der Waals surface area contributed by atoms with E-state index in [4.69, 9.17) is 11.6 Å². The van der Waals surface area contributed by atoms with Gasteiger partial charge in [0.05, 0.1) is 5.56 Å². The van der Waals surface area contributed by atoms with E-state index >= 15 is 0 Å². The Morgan fingerprint density at radius 3 is 2.62 bits per heavy atom.